The first kappa shape index (κ1) is 20.4. The second-order valence-corrected chi connectivity index (χ2v) is 6.50. The number of carbonyl (C=O) groups is 3. The number of aryl methyl sites for hydroxylation is 1. The van der Waals surface area contributed by atoms with Gasteiger partial charge in [-0.15, -0.1) is 0 Å². The largest absolute Gasteiger partial charge is 0.481 e. The number of aliphatic carboxylic acids is 1. The lowest BCUT2D eigenvalue weighted by atomic mass is 10.1. The number of fused-ring (bicyclic) bond motifs is 1. The third kappa shape index (κ3) is 5.80. The zero-order chi connectivity index (χ0) is 19.8. The van der Waals surface area contributed by atoms with Crippen molar-refractivity contribution in [2.24, 2.45) is 0 Å². The van der Waals surface area contributed by atoms with Gasteiger partial charge in [-0.2, -0.15) is 0 Å². The molecule has 0 aliphatic carbocycles. The Morgan fingerprint density at radius 1 is 1.19 bits per heavy atom. The molecule has 0 fully saturated rings. The minimum atomic E-state index is -0.911. The number of carbonyl (C=O) groups excluding carboxylic acids is 2. The van der Waals surface area contributed by atoms with Gasteiger partial charge in [0.2, 0.25) is 5.91 Å². The molecule has 0 aromatic carbocycles. The van der Waals surface area contributed by atoms with Crippen molar-refractivity contribution in [1.82, 2.24) is 19.6 Å². The Hall–Kier alpha value is -2.90. The minimum absolute atomic E-state index is 0.0447. The molecule has 0 unspecified atom stereocenters. The number of rotatable bonds is 10. The van der Waals surface area contributed by atoms with Crippen LogP contribution < -0.4 is 5.32 Å². The molecule has 8 nitrogen and oxygen atoms in total. The molecule has 2 rings (SSSR count). The molecule has 27 heavy (non-hydrogen) atoms. The van der Waals surface area contributed by atoms with Crippen LogP contribution in [-0.4, -0.2) is 57.3 Å². The van der Waals surface area contributed by atoms with Gasteiger partial charge >= 0.3 is 5.97 Å². The highest BCUT2D eigenvalue weighted by Crippen LogP contribution is 2.11. The van der Waals surface area contributed by atoms with E-state index in [9.17, 15) is 14.4 Å². The van der Waals surface area contributed by atoms with Crippen molar-refractivity contribution in [3.05, 3.63) is 35.8 Å². The highest BCUT2D eigenvalue weighted by atomic mass is 16.4. The summed E-state index contributed by atoms with van der Waals surface area (Å²) in [6.45, 7) is 2.57. The van der Waals surface area contributed by atoms with Gasteiger partial charge in [0.1, 0.15) is 11.3 Å². The van der Waals surface area contributed by atoms with Crippen LogP contribution in [0.5, 0.6) is 0 Å². The number of hydrogen-bond donors (Lipinski definition) is 2. The van der Waals surface area contributed by atoms with Crippen LogP contribution in [0.4, 0.5) is 0 Å². The van der Waals surface area contributed by atoms with Crippen LogP contribution in [0.15, 0.2) is 24.4 Å². The van der Waals surface area contributed by atoms with Gasteiger partial charge in [-0.05, 0) is 31.9 Å². The second-order valence-electron chi connectivity index (χ2n) is 6.50. The monoisotopic (exact) mass is 374 g/mol. The van der Waals surface area contributed by atoms with Crippen LogP contribution >= 0.6 is 0 Å². The molecule has 2 heterocycles. The van der Waals surface area contributed by atoms with Gasteiger partial charge < -0.3 is 15.3 Å². The number of carboxylic acid groups (broad SMARTS) is 1. The van der Waals surface area contributed by atoms with Crippen LogP contribution in [0, 0.1) is 6.92 Å². The van der Waals surface area contributed by atoms with E-state index in [1.54, 1.807) is 11.4 Å². The van der Waals surface area contributed by atoms with E-state index in [1.807, 2.05) is 31.3 Å². The van der Waals surface area contributed by atoms with Crippen molar-refractivity contribution in [2.45, 2.75) is 39.0 Å². The summed E-state index contributed by atoms with van der Waals surface area (Å²) in [7, 11) is 1.61. The fraction of sp³-hybridized carbons (Fsp3) is 0.474. The van der Waals surface area contributed by atoms with Crippen LogP contribution in [0.2, 0.25) is 0 Å². The van der Waals surface area contributed by atoms with E-state index >= 15 is 0 Å². The maximum absolute atomic E-state index is 12.4. The molecule has 0 bridgehead atoms. The number of nitrogens with one attached hydrogen (secondary N) is 1. The number of carboxylic acids is 1. The molecule has 0 aliphatic rings. The van der Waals surface area contributed by atoms with Gasteiger partial charge in [0.05, 0.1) is 12.1 Å². The summed E-state index contributed by atoms with van der Waals surface area (Å²) in [4.78, 5) is 40.6. The van der Waals surface area contributed by atoms with Crippen molar-refractivity contribution in [1.29, 1.82) is 0 Å². The van der Waals surface area contributed by atoms with Crippen LogP contribution in [0.1, 0.15) is 48.3 Å². The van der Waals surface area contributed by atoms with E-state index in [1.165, 1.54) is 4.90 Å². The summed E-state index contributed by atoms with van der Waals surface area (Å²) in [6.07, 6.45) is 4.45. The molecule has 0 saturated heterocycles. The number of nitrogens with zero attached hydrogens (tertiary/aromatic N) is 3. The first-order valence-corrected chi connectivity index (χ1v) is 9.07. The lowest BCUT2D eigenvalue weighted by Crippen LogP contribution is -2.29. The molecule has 2 amide bonds. The van der Waals surface area contributed by atoms with Crippen molar-refractivity contribution in [3.63, 3.8) is 0 Å². The van der Waals surface area contributed by atoms with Crippen molar-refractivity contribution in [3.8, 4) is 0 Å². The number of unbranched alkanes of at least 4 members (excludes halogenated alkanes) is 2. The second kappa shape index (κ2) is 9.70. The number of pyridine rings is 1. The number of imidazole rings is 1. The predicted molar refractivity (Wildman–Crippen MR) is 101 cm³/mol. The molecule has 146 valence electrons. The van der Waals surface area contributed by atoms with Gasteiger partial charge in [-0.3, -0.25) is 18.8 Å². The van der Waals surface area contributed by atoms with Gasteiger partial charge in [0.15, 0.2) is 0 Å². The minimum Gasteiger partial charge on any atom is -0.481 e. The van der Waals surface area contributed by atoms with Crippen molar-refractivity contribution >= 4 is 23.4 Å². The highest BCUT2D eigenvalue weighted by molar-refractivity contribution is 5.94. The number of hydrogen-bond acceptors (Lipinski definition) is 4. The Labute approximate surface area is 158 Å². The predicted octanol–water partition coefficient (Wildman–Crippen LogP) is 1.87. The van der Waals surface area contributed by atoms with E-state index < -0.39 is 5.97 Å². The third-order valence-corrected chi connectivity index (χ3v) is 4.36. The number of amides is 2. The van der Waals surface area contributed by atoms with Crippen LogP contribution in [-0.2, 0) is 9.59 Å². The Balaban J connectivity index is 1.68. The summed E-state index contributed by atoms with van der Waals surface area (Å²) in [5.41, 5.74) is 1.97. The zero-order valence-corrected chi connectivity index (χ0v) is 15.8. The molecule has 0 radical (unpaired) electrons. The summed E-state index contributed by atoms with van der Waals surface area (Å²) in [5.74, 6) is -1.12. The highest BCUT2D eigenvalue weighted by Gasteiger charge is 2.15. The molecule has 0 aliphatic heterocycles. The van der Waals surface area contributed by atoms with Crippen LogP contribution in [0.3, 0.4) is 0 Å². The average molecular weight is 374 g/mol. The lowest BCUT2D eigenvalue weighted by molar-refractivity contribution is -0.138. The quantitative estimate of drug-likeness (QED) is 0.618. The summed E-state index contributed by atoms with van der Waals surface area (Å²) < 4.78 is 1.77. The molecular formula is C19H26N4O4. The zero-order valence-electron chi connectivity index (χ0n) is 15.8. The topological polar surface area (TPSA) is 104 Å². The molecule has 2 aromatic rings. The van der Waals surface area contributed by atoms with E-state index in [-0.39, 0.29) is 24.8 Å². The van der Waals surface area contributed by atoms with Crippen LogP contribution in [0.25, 0.3) is 5.65 Å². The Morgan fingerprint density at radius 3 is 2.70 bits per heavy atom. The van der Waals surface area contributed by atoms with Gasteiger partial charge in [-0.1, -0.05) is 12.5 Å². The van der Waals surface area contributed by atoms with Gasteiger partial charge in [0, 0.05) is 32.8 Å². The lowest BCUT2D eigenvalue weighted by Gasteiger charge is -2.15. The standard InChI is InChI=1S/C19H26N4O4/c1-14-18(23-12-7-5-8-15(23)21-14)19(27)20-11-6-3-4-9-16(24)22(2)13-10-17(25)26/h5,7-8,12H,3-4,6,9-11,13H2,1-2H3,(H,20,27)(H,25,26). The Morgan fingerprint density at radius 2 is 1.96 bits per heavy atom. The van der Waals surface area contributed by atoms with Gasteiger partial charge in [-0.25, -0.2) is 4.98 Å². The number of aromatic nitrogens is 2. The van der Waals surface area contributed by atoms with E-state index in [2.05, 4.69) is 10.3 Å². The molecular weight excluding hydrogens is 348 g/mol. The normalized spacial score (nSPS) is 10.7. The molecule has 0 saturated carbocycles. The molecule has 0 atom stereocenters. The smallest absolute Gasteiger partial charge is 0.305 e. The fourth-order valence-electron chi connectivity index (χ4n) is 2.83. The maximum atomic E-state index is 12.4. The maximum Gasteiger partial charge on any atom is 0.305 e. The van der Waals surface area contributed by atoms with E-state index in [0.29, 0.717) is 30.8 Å². The molecule has 8 heteroatoms. The van der Waals surface area contributed by atoms with E-state index in [0.717, 1.165) is 18.5 Å². The summed E-state index contributed by atoms with van der Waals surface area (Å²) in [6, 6.07) is 5.59. The van der Waals surface area contributed by atoms with Crippen molar-refractivity contribution < 1.29 is 19.5 Å². The van der Waals surface area contributed by atoms with E-state index in [4.69, 9.17) is 5.11 Å². The third-order valence-electron chi connectivity index (χ3n) is 4.36. The first-order chi connectivity index (χ1) is 12.9. The first-order valence-electron chi connectivity index (χ1n) is 9.07. The molecule has 2 N–H and O–H groups in total. The molecule has 0 spiro atoms. The Kier molecular flexibility index (Phi) is 7.34. The Bertz CT molecular complexity index is 815. The van der Waals surface area contributed by atoms with Gasteiger partial charge in [0.25, 0.3) is 5.91 Å². The SMILES string of the molecule is Cc1nc2ccccn2c1C(=O)NCCCCCC(=O)N(C)CCC(=O)O. The average Bonchev–Trinajstić information content (AvgIpc) is 2.97. The fourth-order valence-corrected chi connectivity index (χ4v) is 2.83. The summed E-state index contributed by atoms with van der Waals surface area (Å²) in [5, 5.41) is 11.5. The summed E-state index contributed by atoms with van der Waals surface area (Å²) >= 11 is 0. The van der Waals surface area contributed by atoms with Crippen molar-refractivity contribution in [2.75, 3.05) is 20.1 Å². The molecule has 2 aromatic heterocycles.